The van der Waals surface area contributed by atoms with Crippen molar-refractivity contribution in [3.8, 4) is 0 Å². The van der Waals surface area contributed by atoms with Crippen LogP contribution in [-0.2, 0) is 60.3 Å². The Morgan fingerprint density at radius 3 is 1.92 bits per heavy atom. The molecule has 133 valence electrons. The van der Waals surface area contributed by atoms with E-state index in [1.165, 1.54) is 18.4 Å². The third-order valence-electron chi connectivity index (χ3n) is 4.78. The fraction of sp³-hybridized carbons (Fsp3) is 0.333. The molecule has 0 atom stereocenters. The number of rotatable bonds is 5. The van der Waals surface area contributed by atoms with Crippen LogP contribution in [0, 0.1) is 5.92 Å². The summed E-state index contributed by atoms with van der Waals surface area (Å²) in [5.74, 6) is 0.840. The molecule has 1 fully saturated rings. The van der Waals surface area contributed by atoms with Gasteiger partial charge >= 0.3 is 0 Å². The second-order valence-electron chi connectivity index (χ2n) is 6.72. The first-order chi connectivity index (χ1) is 11.6. The Bertz CT molecular complexity index is 708. The molecular formula is C21H23N3WY-2. The van der Waals surface area contributed by atoms with Gasteiger partial charge in [-0.1, -0.05) is 61.5 Å². The summed E-state index contributed by atoms with van der Waals surface area (Å²) in [6.45, 7) is 5.58. The van der Waals surface area contributed by atoms with Gasteiger partial charge in [0.15, 0.2) is 0 Å². The Morgan fingerprint density at radius 2 is 1.38 bits per heavy atom. The van der Waals surface area contributed by atoms with Crippen LogP contribution in [0.25, 0.3) is 10.8 Å². The van der Waals surface area contributed by atoms with E-state index in [9.17, 15) is 10.8 Å². The second-order valence-corrected chi connectivity index (χ2v) is 6.72. The molecule has 3 nitrogen and oxygen atoms in total. The molecule has 26 heavy (non-hydrogen) atoms. The van der Waals surface area contributed by atoms with Gasteiger partial charge in [-0.15, -0.1) is 0 Å². The monoisotopic (exact) mass is 590 g/mol. The van der Waals surface area contributed by atoms with Crippen LogP contribution in [0.15, 0.2) is 54.6 Å². The van der Waals surface area contributed by atoms with Crippen LogP contribution in [0.4, 0.5) is 0 Å². The van der Waals surface area contributed by atoms with Crippen LogP contribution in [0.3, 0.4) is 0 Å². The molecule has 0 aliphatic carbocycles. The summed E-state index contributed by atoms with van der Waals surface area (Å²) in [6.07, 6.45) is 2.54. The SMILES string of the molecule is CC1CCN(Cc2ccc(C(=[N-])C(=[N-])c3ccccc3)cc2)CC1.[W].[Y]. The Morgan fingerprint density at radius 1 is 0.885 bits per heavy atom. The van der Waals surface area contributed by atoms with Gasteiger partial charge in [-0.25, -0.2) is 0 Å². The van der Waals surface area contributed by atoms with Gasteiger partial charge in [0, 0.05) is 60.3 Å². The molecule has 2 aromatic carbocycles. The molecular weight excluding hydrogens is 567 g/mol. The van der Waals surface area contributed by atoms with E-state index in [4.69, 9.17) is 0 Å². The zero-order valence-electron chi connectivity index (χ0n) is 15.1. The Balaban J connectivity index is 0.00000169. The van der Waals surface area contributed by atoms with Gasteiger partial charge in [0.1, 0.15) is 0 Å². The second kappa shape index (κ2) is 11.4. The summed E-state index contributed by atoms with van der Waals surface area (Å²) >= 11 is 0. The normalized spacial score (nSPS) is 14.8. The molecule has 0 aromatic heterocycles. The molecule has 1 saturated heterocycles. The van der Waals surface area contributed by atoms with Crippen LogP contribution in [0.1, 0.15) is 36.5 Å². The molecule has 2 aromatic rings. The average Bonchev–Trinajstić information content (AvgIpc) is 2.64. The summed E-state index contributed by atoms with van der Waals surface area (Å²) in [4.78, 5) is 2.48. The zero-order chi connectivity index (χ0) is 16.9. The van der Waals surface area contributed by atoms with Crippen molar-refractivity contribution >= 4 is 11.4 Å². The van der Waals surface area contributed by atoms with E-state index in [0.717, 1.165) is 25.6 Å². The van der Waals surface area contributed by atoms with Crippen LogP contribution in [0.2, 0.25) is 0 Å². The molecule has 1 radical (unpaired) electrons. The van der Waals surface area contributed by atoms with Gasteiger partial charge in [0.25, 0.3) is 0 Å². The third kappa shape index (κ3) is 6.30. The maximum Gasteiger partial charge on any atom is 0.0233 e. The van der Waals surface area contributed by atoms with Crippen molar-refractivity contribution < 1.29 is 53.8 Å². The smallest absolute Gasteiger partial charge is 0.0233 e. The minimum absolute atomic E-state index is 0. The number of piperidine rings is 1. The predicted molar refractivity (Wildman–Crippen MR) is 101 cm³/mol. The molecule has 3 rings (SSSR count). The third-order valence-corrected chi connectivity index (χ3v) is 4.78. The fourth-order valence-corrected chi connectivity index (χ4v) is 3.12. The summed E-state index contributed by atoms with van der Waals surface area (Å²) in [7, 11) is 0. The van der Waals surface area contributed by atoms with E-state index in [1.54, 1.807) is 12.1 Å². The van der Waals surface area contributed by atoms with Crippen LogP contribution in [0.5, 0.6) is 0 Å². The molecule has 0 unspecified atom stereocenters. The number of nitrogens with zero attached hydrogens (tertiary/aromatic N) is 3. The predicted octanol–water partition coefficient (Wildman–Crippen LogP) is 4.33. The van der Waals surface area contributed by atoms with Crippen molar-refractivity contribution in [1.29, 1.82) is 0 Å². The van der Waals surface area contributed by atoms with E-state index in [-0.39, 0.29) is 65.2 Å². The van der Waals surface area contributed by atoms with Gasteiger partial charge in [-0.2, -0.15) is 11.4 Å². The van der Waals surface area contributed by atoms with Crippen molar-refractivity contribution in [2.75, 3.05) is 13.1 Å². The van der Waals surface area contributed by atoms with Crippen molar-refractivity contribution in [2.24, 2.45) is 5.92 Å². The molecule has 1 heterocycles. The Labute approximate surface area is 196 Å². The Hall–Kier alpha value is -0.468. The maximum atomic E-state index is 10.3. The fourth-order valence-electron chi connectivity index (χ4n) is 3.12. The van der Waals surface area contributed by atoms with Crippen molar-refractivity contribution in [3.63, 3.8) is 0 Å². The molecule has 0 saturated carbocycles. The summed E-state index contributed by atoms with van der Waals surface area (Å²) < 4.78 is 0. The summed E-state index contributed by atoms with van der Waals surface area (Å²) in [5, 5.41) is 20.5. The zero-order valence-corrected chi connectivity index (χ0v) is 20.9. The maximum absolute atomic E-state index is 10.3. The average molecular weight is 590 g/mol. The van der Waals surface area contributed by atoms with E-state index < -0.39 is 0 Å². The molecule has 0 N–H and O–H groups in total. The summed E-state index contributed by atoms with van der Waals surface area (Å²) in [5.41, 5.74) is 2.31. The first kappa shape index (κ1) is 23.6. The van der Waals surface area contributed by atoms with Crippen molar-refractivity contribution in [1.82, 2.24) is 4.90 Å². The Kier molecular flexibility index (Phi) is 10.3. The van der Waals surface area contributed by atoms with E-state index >= 15 is 0 Å². The first-order valence-corrected chi connectivity index (χ1v) is 8.63. The number of benzene rings is 2. The minimum atomic E-state index is -0.0895. The first-order valence-electron chi connectivity index (χ1n) is 8.63. The van der Waals surface area contributed by atoms with Gasteiger partial charge in [-0.05, 0) is 48.5 Å². The largest absolute Gasteiger partial charge is 0.804 e. The standard InChI is InChI=1S/C21H23N3.W.Y/c1-16-11-13-24(14-12-16)15-17-7-9-19(10-8-17)21(23)20(22)18-5-3-2-4-6-18;;/h2-10,16H,11-15H2,1H3;;/q-2;;. The number of likely N-dealkylation sites (tertiary alicyclic amines) is 1. The van der Waals surface area contributed by atoms with Crippen molar-refractivity contribution in [2.45, 2.75) is 26.3 Å². The summed E-state index contributed by atoms with van der Waals surface area (Å²) in [6, 6.07) is 16.9. The van der Waals surface area contributed by atoms with Crippen LogP contribution < -0.4 is 0 Å². The molecule has 0 spiro atoms. The molecule has 1 aliphatic heterocycles. The number of hydrogen-bond donors (Lipinski definition) is 0. The van der Waals surface area contributed by atoms with Crippen LogP contribution >= 0.6 is 0 Å². The van der Waals surface area contributed by atoms with Crippen LogP contribution in [-0.4, -0.2) is 29.4 Å². The molecule has 0 amide bonds. The van der Waals surface area contributed by atoms with Gasteiger partial charge in [0.2, 0.25) is 0 Å². The van der Waals surface area contributed by atoms with Gasteiger partial charge in [0.05, 0.1) is 0 Å². The van der Waals surface area contributed by atoms with Crippen molar-refractivity contribution in [3.05, 3.63) is 82.1 Å². The van der Waals surface area contributed by atoms with E-state index in [1.807, 2.05) is 42.5 Å². The van der Waals surface area contributed by atoms with E-state index in [0.29, 0.717) is 11.1 Å². The topological polar surface area (TPSA) is 47.8 Å². The molecule has 1 aliphatic rings. The molecule has 0 bridgehead atoms. The van der Waals surface area contributed by atoms with Gasteiger partial charge in [-0.3, -0.25) is 4.90 Å². The minimum Gasteiger partial charge on any atom is -0.804 e. The molecule has 5 heteroatoms. The van der Waals surface area contributed by atoms with E-state index in [2.05, 4.69) is 11.8 Å². The van der Waals surface area contributed by atoms with Gasteiger partial charge < -0.3 is 10.8 Å². The number of hydrogen-bond acceptors (Lipinski definition) is 1. The quantitative estimate of drug-likeness (QED) is 0.479.